The minimum atomic E-state index is -3.57. The molecule has 2 aromatic rings. The first-order valence-electron chi connectivity index (χ1n) is 5.98. The van der Waals surface area contributed by atoms with Crippen LogP contribution in [0, 0.1) is 6.92 Å². The Bertz CT molecular complexity index is 678. The number of thiophene rings is 1. The van der Waals surface area contributed by atoms with Crippen LogP contribution in [0.3, 0.4) is 0 Å². The van der Waals surface area contributed by atoms with E-state index in [9.17, 15) is 13.5 Å². The molecule has 1 atom stereocenters. The Balaban J connectivity index is 2.03. The Kier molecular flexibility index (Phi) is 4.44. The maximum Gasteiger partial charge on any atom is 0.250 e. The average Bonchev–Trinajstić information content (AvgIpc) is 2.84. The molecular formula is C13H16N2O3S2. The van der Waals surface area contributed by atoms with Gasteiger partial charge in [-0.1, -0.05) is 12.1 Å². The van der Waals surface area contributed by atoms with Crippen molar-refractivity contribution in [1.82, 2.24) is 4.72 Å². The molecule has 0 radical (unpaired) electrons. The first kappa shape index (κ1) is 15.0. The van der Waals surface area contributed by atoms with Crippen LogP contribution in [0.2, 0.25) is 0 Å². The van der Waals surface area contributed by atoms with Crippen LogP contribution in [0.1, 0.15) is 16.5 Å². The van der Waals surface area contributed by atoms with Gasteiger partial charge in [0.1, 0.15) is 4.21 Å². The molecule has 108 valence electrons. The molecule has 1 aromatic carbocycles. The highest BCUT2D eigenvalue weighted by atomic mass is 32.2. The summed E-state index contributed by atoms with van der Waals surface area (Å²) >= 11 is 1.20. The number of sulfonamides is 1. The lowest BCUT2D eigenvalue weighted by Crippen LogP contribution is -2.28. The molecule has 7 heteroatoms. The number of benzene rings is 1. The second kappa shape index (κ2) is 5.92. The van der Waals surface area contributed by atoms with E-state index in [4.69, 9.17) is 5.73 Å². The van der Waals surface area contributed by atoms with Crippen molar-refractivity contribution in [1.29, 1.82) is 0 Å². The van der Waals surface area contributed by atoms with Gasteiger partial charge in [0.25, 0.3) is 0 Å². The van der Waals surface area contributed by atoms with Gasteiger partial charge in [0.15, 0.2) is 0 Å². The van der Waals surface area contributed by atoms with Crippen molar-refractivity contribution in [3.05, 3.63) is 46.8 Å². The minimum Gasteiger partial charge on any atom is -0.399 e. The lowest BCUT2D eigenvalue weighted by Gasteiger charge is -2.12. The molecule has 0 aliphatic carbocycles. The lowest BCUT2D eigenvalue weighted by atomic mass is 10.1. The number of nitrogens with one attached hydrogen (secondary N) is 1. The fraction of sp³-hybridized carbons (Fsp3) is 0.231. The van der Waals surface area contributed by atoms with Gasteiger partial charge in [-0.3, -0.25) is 0 Å². The third kappa shape index (κ3) is 3.57. The molecule has 4 N–H and O–H groups in total. The number of nitrogens with two attached hydrogens (primary N) is 1. The van der Waals surface area contributed by atoms with Gasteiger partial charge in [-0.05, 0) is 36.8 Å². The molecule has 0 aliphatic heterocycles. The molecular weight excluding hydrogens is 296 g/mol. The Morgan fingerprint density at radius 1 is 1.25 bits per heavy atom. The van der Waals surface area contributed by atoms with Crippen LogP contribution in [0.15, 0.2) is 40.6 Å². The largest absolute Gasteiger partial charge is 0.399 e. The van der Waals surface area contributed by atoms with E-state index in [2.05, 4.69) is 4.72 Å². The highest BCUT2D eigenvalue weighted by Gasteiger charge is 2.18. The average molecular weight is 312 g/mol. The summed E-state index contributed by atoms with van der Waals surface area (Å²) < 4.78 is 26.7. The second-order valence-corrected chi connectivity index (χ2v) is 7.68. The first-order valence-corrected chi connectivity index (χ1v) is 8.28. The predicted molar refractivity (Wildman–Crippen MR) is 80.1 cm³/mol. The number of aliphatic hydroxyl groups is 1. The number of aryl methyl sites for hydroxylation is 1. The highest BCUT2D eigenvalue weighted by molar-refractivity contribution is 7.91. The molecule has 0 saturated carbocycles. The molecule has 20 heavy (non-hydrogen) atoms. The molecule has 1 heterocycles. The normalized spacial score (nSPS) is 13.3. The molecule has 0 fully saturated rings. The molecule has 1 unspecified atom stereocenters. The van der Waals surface area contributed by atoms with Crippen molar-refractivity contribution in [2.45, 2.75) is 17.2 Å². The Labute approximate surface area is 122 Å². The fourth-order valence-corrected chi connectivity index (χ4v) is 4.02. The summed E-state index contributed by atoms with van der Waals surface area (Å²) in [6.07, 6.45) is -0.911. The maximum atomic E-state index is 12.0. The van der Waals surface area contributed by atoms with E-state index in [1.165, 1.54) is 11.3 Å². The summed E-state index contributed by atoms with van der Waals surface area (Å²) in [5.41, 5.74) is 6.76. The van der Waals surface area contributed by atoms with Crippen molar-refractivity contribution in [2.75, 3.05) is 12.3 Å². The second-order valence-electron chi connectivity index (χ2n) is 4.40. The zero-order valence-electron chi connectivity index (χ0n) is 10.9. The van der Waals surface area contributed by atoms with Crippen molar-refractivity contribution in [3.8, 4) is 0 Å². The van der Waals surface area contributed by atoms with Crippen LogP contribution in [-0.4, -0.2) is 20.1 Å². The van der Waals surface area contributed by atoms with Gasteiger partial charge in [-0.25, -0.2) is 13.1 Å². The van der Waals surface area contributed by atoms with Gasteiger partial charge >= 0.3 is 0 Å². The summed E-state index contributed by atoms with van der Waals surface area (Å²) in [5, 5.41) is 9.96. The van der Waals surface area contributed by atoms with Crippen LogP contribution in [0.25, 0.3) is 0 Å². The molecule has 0 bridgehead atoms. The number of nitrogen functional groups attached to an aromatic ring is 1. The number of hydrogen-bond acceptors (Lipinski definition) is 5. The molecule has 0 aliphatic rings. The number of rotatable bonds is 5. The van der Waals surface area contributed by atoms with Gasteiger partial charge < -0.3 is 10.8 Å². The quantitative estimate of drug-likeness (QED) is 0.732. The number of hydrogen-bond donors (Lipinski definition) is 3. The standard InChI is InChI=1S/C13H16N2O3S2/c1-9-2-7-13(19-9)20(17,18)15-8-12(16)10-3-5-11(14)6-4-10/h2-7,12,15-16H,8,14H2,1H3. The minimum absolute atomic E-state index is 0.0802. The third-order valence-corrected chi connectivity index (χ3v) is 5.68. The third-order valence-electron chi connectivity index (χ3n) is 2.77. The van der Waals surface area contributed by atoms with E-state index in [1.54, 1.807) is 36.4 Å². The molecule has 2 rings (SSSR count). The molecule has 0 amide bonds. The van der Waals surface area contributed by atoms with Crippen LogP contribution >= 0.6 is 11.3 Å². The number of anilines is 1. The highest BCUT2D eigenvalue weighted by Crippen LogP contribution is 2.21. The van der Waals surface area contributed by atoms with Gasteiger partial charge in [-0.2, -0.15) is 0 Å². The Hall–Kier alpha value is -1.41. The van der Waals surface area contributed by atoms with E-state index < -0.39 is 16.1 Å². The molecule has 0 saturated heterocycles. The van der Waals surface area contributed by atoms with Crippen LogP contribution in [0.4, 0.5) is 5.69 Å². The Morgan fingerprint density at radius 3 is 2.45 bits per heavy atom. The van der Waals surface area contributed by atoms with Crippen molar-refractivity contribution >= 4 is 27.0 Å². The van der Waals surface area contributed by atoms with E-state index in [0.717, 1.165) is 4.88 Å². The van der Waals surface area contributed by atoms with E-state index in [-0.39, 0.29) is 10.8 Å². The molecule has 5 nitrogen and oxygen atoms in total. The smallest absolute Gasteiger partial charge is 0.250 e. The zero-order chi connectivity index (χ0) is 14.8. The van der Waals surface area contributed by atoms with Crippen molar-refractivity contribution in [3.63, 3.8) is 0 Å². The fourth-order valence-electron chi connectivity index (χ4n) is 1.65. The summed E-state index contributed by atoms with van der Waals surface area (Å²) in [6, 6.07) is 9.96. The summed E-state index contributed by atoms with van der Waals surface area (Å²) in [7, 11) is -3.57. The zero-order valence-corrected chi connectivity index (χ0v) is 12.5. The topological polar surface area (TPSA) is 92.4 Å². The molecule has 0 spiro atoms. The van der Waals surface area contributed by atoms with Crippen LogP contribution in [0.5, 0.6) is 0 Å². The van der Waals surface area contributed by atoms with Gasteiger partial charge in [0, 0.05) is 17.1 Å². The maximum absolute atomic E-state index is 12.0. The SMILES string of the molecule is Cc1ccc(S(=O)(=O)NCC(O)c2ccc(N)cc2)s1. The van der Waals surface area contributed by atoms with E-state index >= 15 is 0 Å². The van der Waals surface area contributed by atoms with Crippen molar-refractivity contribution < 1.29 is 13.5 Å². The van der Waals surface area contributed by atoms with Crippen LogP contribution < -0.4 is 10.5 Å². The van der Waals surface area contributed by atoms with E-state index in [1.807, 2.05) is 6.92 Å². The van der Waals surface area contributed by atoms with Gasteiger partial charge in [0.2, 0.25) is 10.0 Å². The predicted octanol–water partition coefficient (Wildman–Crippen LogP) is 1.65. The molecule has 1 aromatic heterocycles. The number of aliphatic hydroxyl groups excluding tert-OH is 1. The summed E-state index contributed by atoms with van der Waals surface area (Å²) in [5.74, 6) is 0. The summed E-state index contributed by atoms with van der Waals surface area (Å²) in [4.78, 5) is 0.921. The monoisotopic (exact) mass is 312 g/mol. The van der Waals surface area contributed by atoms with Gasteiger partial charge in [-0.15, -0.1) is 11.3 Å². The Morgan fingerprint density at radius 2 is 1.90 bits per heavy atom. The van der Waals surface area contributed by atoms with Crippen molar-refractivity contribution in [2.24, 2.45) is 0 Å². The summed E-state index contributed by atoms with van der Waals surface area (Å²) in [6.45, 7) is 1.76. The van der Waals surface area contributed by atoms with Crippen LogP contribution in [-0.2, 0) is 10.0 Å². The first-order chi connectivity index (χ1) is 9.38. The van der Waals surface area contributed by atoms with Gasteiger partial charge in [0.05, 0.1) is 6.10 Å². The van der Waals surface area contributed by atoms with E-state index in [0.29, 0.717) is 11.3 Å². The lowest BCUT2D eigenvalue weighted by molar-refractivity contribution is 0.182.